The molecule has 0 saturated carbocycles. The van der Waals surface area contributed by atoms with E-state index < -0.39 is 23.5 Å². The summed E-state index contributed by atoms with van der Waals surface area (Å²) in [7, 11) is 0. The third-order valence-electron chi connectivity index (χ3n) is 8.17. The fraction of sp³-hybridized carbons (Fsp3) is 0.0556. The fourth-order valence-electron chi connectivity index (χ4n) is 6.13. The van der Waals surface area contributed by atoms with Crippen LogP contribution >= 0.6 is 0 Å². The van der Waals surface area contributed by atoms with Gasteiger partial charge >= 0.3 is 12.4 Å². The average molecular weight is 619 g/mol. The average Bonchev–Trinajstić information content (AvgIpc) is 3.50. The number of halogens is 6. The summed E-state index contributed by atoms with van der Waals surface area (Å²) in [5.74, 6) is 0. The second-order valence-corrected chi connectivity index (χ2v) is 10.7. The van der Waals surface area contributed by atoms with Gasteiger partial charge in [-0.3, -0.25) is 0 Å². The molecule has 0 aromatic heterocycles. The van der Waals surface area contributed by atoms with Crippen molar-refractivity contribution in [3.8, 4) is 34.6 Å². The summed E-state index contributed by atoms with van der Waals surface area (Å²) in [6, 6.07) is 23.9. The van der Waals surface area contributed by atoms with Crippen LogP contribution in [0.5, 0.6) is 0 Å². The Morgan fingerprint density at radius 3 is 1.15 bits per heavy atom. The monoisotopic (exact) mass is 618 g/mol. The van der Waals surface area contributed by atoms with Gasteiger partial charge in [-0.15, -0.1) is 0 Å². The first kappa shape index (κ1) is 28.8. The molecule has 0 fully saturated rings. The highest BCUT2D eigenvalue weighted by atomic mass is 19.4. The molecule has 0 spiro atoms. The highest BCUT2D eigenvalue weighted by molar-refractivity contribution is 6.21. The minimum Gasteiger partial charge on any atom is -0.172 e. The van der Waals surface area contributed by atoms with Crippen LogP contribution in [0.2, 0.25) is 0 Å². The van der Waals surface area contributed by atoms with E-state index in [1.165, 1.54) is 12.1 Å². The smallest absolute Gasteiger partial charge is 0.172 e. The molecule has 0 radical (unpaired) electrons. The molecule has 0 heterocycles. The Hall–Kier alpha value is -6.00. The number of hydrogen-bond acceptors (Lipinski definition) is 4. The molecular formula is C36H16F6N4. The lowest BCUT2D eigenvalue weighted by Gasteiger charge is -2.09. The van der Waals surface area contributed by atoms with Gasteiger partial charge in [0.2, 0.25) is 12.4 Å². The van der Waals surface area contributed by atoms with Gasteiger partial charge in [-0.05, 0) is 92.3 Å². The maximum absolute atomic E-state index is 13.4. The van der Waals surface area contributed by atoms with Crippen LogP contribution in [0.25, 0.3) is 65.3 Å². The standard InChI is InChI=1S/C36H16F6N4/c37-35(38,39)23-5-1-3-19(11-23)21-7-9-25-27-15-32-28(16-31(27)33(45-17-43)29(25)13-21)26-10-8-22(14-30(26)34(32)46-18-44)20-4-2-6-24(12-20)36(40,41)42/h1-16H/b45-33+,46-34+. The van der Waals surface area contributed by atoms with Gasteiger partial charge in [-0.2, -0.15) is 46.9 Å². The Morgan fingerprint density at radius 1 is 0.413 bits per heavy atom. The van der Waals surface area contributed by atoms with Crippen LogP contribution in [-0.2, 0) is 12.4 Å². The molecule has 0 N–H and O–H groups in total. The van der Waals surface area contributed by atoms with Crippen molar-refractivity contribution in [3.63, 3.8) is 0 Å². The van der Waals surface area contributed by atoms with E-state index >= 15 is 0 Å². The van der Waals surface area contributed by atoms with Gasteiger partial charge in [-0.1, -0.05) is 48.5 Å². The van der Waals surface area contributed by atoms with E-state index in [1.54, 1.807) is 48.5 Å². The van der Waals surface area contributed by atoms with Crippen molar-refractivity contribution >= 4 is 43.1 Å². The molecule has 7 aromatic rings. The van der Waals surface area contributed by atoms with Crippen molar-refractivity contribution in [3.05, 3.63) is 119 Å². The van der Waals surface area contributed by atoms with Gasteiger partial charge in [0.15, 0.2) is 0 Å². The molecule has 0 amide bonds. The normalized spacial score (nSPS) is 13.2. The molecule has 0 aliphatic rings. The molecule has 7 rings (SSSR count). The lowest BCUT2D eigenvalue weighted by atomic mass is 10.0. The number of fused-ring (bicyclic) bond motifs is 6. The molecule has 0 unspecified atom stereocenters. The number of benzene rings is 5. The summed E-state index contributed by atoms with van der Waals surface area (Å²) < 4.78 is 80.4. The highest BCUT2D eigenvalue weighted by Gasteiger charge is 2.31. The molecule has 0 aliphatic heterocycles. The molecular weight excluding hydrogens is 602 g/mol. The maximum atomic E-state index is 13.4. The number of rotatable bonds is 2. The van der Waals surface area contributed by atoms with E-state index in [2.05, 4.69) is 9.98 Å². The Morgan fingerprint density at radius 2 is 0.783 bits per heavy atom. The van der Waals surface area contributed by atoms with E-state index in [4.69, 9.17) is 0 Å². The molecule has 0 bridgehead atoms. The summed E-state index contributed by atoms with van der Waals surface area (Å²) in [4.78, 5) is 8.17. The van der Waals surface area contributed by atoms with Gasteiger partial charge in [0.05, 0.1) is 21.8 Å². The first-order valence-corrected chi connectivity index (χ1v) is 13.7. The summed E-state index contributed by atoms with van der Waals surface area (Å²) in [6.45, 7) is 0. The van der Waals surface area contributed by atoms with Gasteiger partial charge < -0.3 is 0 Å². The van der Waals surface area contributed by atoms with Crippen LogP contribution in [0, 0.1) is 22.9 Å². The van der Waals surface area contributed by atoms with E-state index in [0.717, 1.165) is 24.3 Å². The van der Waals surface area contributed by atoms with Crippen LogP contribution < -0.4 is 10.7 Å². The zero-order valence-corrected chi connectivity index (χ0v) is 23.3. The van der Waals surface area contributed by atoms with Crippen molar-refractivity contribution in [1.82, 2.24) is 0 Å². The molecule has 0 atom stereocenters. The Bertz CT molecular complexity index is 2410. The Labute approximate surface area is 255 Å². The minimum atomic E-state index is -4.51. The van der Waals surface area contributed by atoms with E-state index in [1.807, 2.05) is 24.5 Å². The molecule has 222 valence electrons. The lowest BCUT2D eigenvalue weighted by molar-refractivity contribution is -0.138. The molecule has 4 nitrogen and oxygen atoms in total. The quantitative estimate of drug-likeness (QED) is 0.143. The zero-order chi connectivity index (χ0) is 32.4. The predicted octanol–water partition coefficient (Wildman–Crippen LogP) is 9.31. The van der Waals surface area contributed by atoms with Crippen LogP contribution in [0.1, 0.15) is 11.1 Å². The first-order chi connectivity index (χ1) is 22.0. The number of alkyl halides is 6. The number of nitrogens with zero attached hydrogens (tertiary/aromatic N) is 4. The van der Waals surface area contributed by atoms with Crippen molar-refractivity contribution in [1.29, 1.82) is 10.5 Å². The zero-order valence-electron chi connectivity index (χ0n) is 23.3. The van der Waals surface area contributed by atoms with Gasteiger partial charge in [0.1, 0.15) is 0 Å². The third-order valence-corrected chi connectivity index (χ3v) is 8.17. The first-order valence-electron chi connectivity index (χ1n) is 13.7. The van der Waals surface area contributed by atoms with E-state index in [9.17, 15) is 36.9 Å². The third kappa shape index (κ3) is 4.63. The van der Waals surface area contributed by atoms with Crippen molar-refractivity contribution in [2.75, 3.05) is 0 Å². The SMILES string of the molecule is N#C/N=c1\c2cc(-c3cccc(C(F)(F)F)c3)ccc2c2cc3/c(=N/C#N)c4cc(-c5cccc(C(F)(F)F)c5)ccc4c3cc12. The molecule has 0 aliphatic carbocycles. The van der Waals surface area contributed by atoms with Crippen molar-refractivity contribution in [2.24, 2.45) is 9.98 Å². The largest absolute Gasteiger partial charge is 0.416 e. The maximum Gasteiger partial charge on any atom is 0.416 e. The van der Waals surface area contributed by atoms with E-state index in [0.29, 0.717) is 76.1 Å². The molecule has 0 saturated heterocycles. The lowest BCUT2D eigenvalue weighted by Crippen LogP contribution is -2.04. The van der Waals surface area contributed by atoms with Crippen LogP contribution in [0.3, 0.4) is 0 Å². The highest BCUT2D eigenvalue weighted by Crippen LogP contribution is 2.37. The van der Waals surface area contributed by atoms with Crippen LogP contribution in [-0.4, -0.2) is 0 Å². The fourth-order valence-corrected chi connectivity index (χ4v) is 6.13. The van der Waals surface area contributed by atoms with Crippen LogP contribution in [0.4, 0.5) is 26.3 Å². The van der Waals surface area contributed by atoms with Crippen molar-refractivity contribution in [2.45, 2.75) is 12.4 Å². The molecule has 7 aromatic carbocycles. The van der Waals surface area contributed by atoms with E-state index in [-0.39, 0.29) is 0 Å². The second-order valence-electron chi connectivity index (χ2n) is 10.7. The minimum absolute atomic E-state index is 0.344. The van der Waals surface area contributed by atoms with Crippen molar-refractivity contribution < 1.29 is 26.3 Å². The predicted molar refractivity (Wildman–Crippen MR) is 162 cm³/mol. The Kier molecular flexibility index (Phi) is 6.43. The van der Waals surface area contributed by atoms with Gasteiger partial charge in [0, 0.05) is 21.5 Å². The number of hydrogen-bond donors (Lipinski definition) is 0. The molecule has 10 heteroatoms. The second kappa shape index (κ2) is 10.3. The van der Waals surface area contributed by atoms with Gasteiger partial charge in [-0.25, -0.2) is 0 Å². The Balaban J connectivity index is 1.48. The topological polar surface area (TPSA) is 72.3 Å². The van der Waals surface area contributed by atoms with Gasteiger partial charge in [0.25, 0.3) is 0 Å². The summed E-state index contributed by atoms with van der Waals surface area (Å²) in [6.07, 6.45) is -5.36. The molecule has 46 heavy (non-hydrogen) atoms. The van der Waals surface area contributed by atoms with Crippen LogP contribution in [0.15, 0.2) is 107 Å². The number of nitriles is 2. The summed E-state index contributed by atoms with van der Waals surface area (Å²) >= 11 is 0. The summed E-state index contributed by atoms with van der Waals surface area (Å²) in [5.41, 5.74) is 0.151. The summed E-state index contributed by atoms with van der Waals surface area (Å²) in [5, 5.41) is 25.0.